The number of fused-ring (bicyclic) bond motifs is 8. The van der Waals surface area contributed by atoms with Crippen molar-refractivity contribution in [2.24, 2.45) is 0 Å². The zero-order valence-electron chi connectivity index (χ0n) is 25.4. The van der Waals surface area contributed by atoms with Gasteiger partial charge in [0.1, 0.15) is 22.3 Å². The number of anilines is 3. The number of rotatable bonds is 4. The van der Waals surface area contributed by atoms with E-state index >= 15 is 0 Å². The fourth-order valence-corrected chi connectivity index (χ4v) is 7.28. The highest BCUT2D eigenvalue weighted by Gasteiger charge is 2.23. The molecule has 0 atom stereocenters. The maximum absolute atomic E-state index is 6.39. The Morgan fingerprint density at radius 3 is 1.85 bits per heavy atom. The standard InChI is InChI=1S/C44H27NO2/c1-2-13-30-27-43-36(25-29(30)12-1)35-26-31(23-24-41(35)47-43)33-16-5-7-18-37(33)45(38-19-9-14-28-11-3-4-15-32(28)38)39-20-10-22-42-44(39)34-17-6-8-21-40(34)46-42/h1-27H. The van der Waals surface area contributed by atoms with Crippen LogP contribution in [0.4, 0.5) is 17.1 Å². The Hall–Kier alpha value is -6.32. The molecule has 0 aliphatic rings. The normalized spacial score (nSPS) is 11.8. The van der Waals surface area contributed by atoms with Crippen molar-refractivity contribution < 1.29 is 8.83 Å². The van der Waals surface area contributed by atoms with Crippen LogP contribution in [0.5, 0.6) is 0 Å². The molecule has 47 heavy (non-hydrogen) atoms. The van der Waals surface area contributed by atoms with Crippen LogP contribution in [-0.4, -0.2) is 0 Å². The van der Waals surface area contributed by atoms with Crippen LogP contribution in [0, 0.1) is 0 Å². The summed E-state index contributed by atoms with van der Waals surface area (Å²) in [5.41, 5.74) is 9.04. The van der Waals surface area contributed by atoms with E-state index in [2.05, 4.69) is 157 Å². The molecular formula is C44H27NO2. The summed E-state index contributed by atoms with van der Waals surface area (Å²) in [7, 11) is 0. The van der Waals surface area contributed by atoms with Gasteiger partial charge in [-0.25, -0.2) is 0 Å². The minimum atomic E-state index is 0.866. The summed E-state index contributed by atoms with van der Waals surface area (Å²) in [6.07, 6.45) is 0. The Balaban J connectivity index is 1.26. The number of hydrogen-bond acceptors (Lipinski definition) is 3. The van der Waals surface area contributed by atoms with E-state index in [1.54, 1.807) is 0 Å². The Morgan fingerprint density at radius 1 is 0.340 bits per heavy atom. The Kier molecular flexibility index (Phi) is 5.57. The van der Waals surface area contributed by atoms with E-state index < -0.39 is 0 Å². The lowest BCUT2D eigenvalue weighted by Gasteiger charge is -2.29. The van der Waals surface area contributed by atoms with Crippen molar-refractivity contribution in [1.82, 2.24) is 0 Å². The summed E-state index contributed by atoms with van der Waals surface area (Å²) in [6.45, 7) is 0. The van der Waals surface area contributed by atoms with Crippen molar-refractivity contribution in [3.63, 3.8) is 0 Å². The second-order valence-corrected chi connectivity index (χ2v) is 12.1. The van der Waals surface area contributed by atoms with Gasteiger partial charge in [-0.2, -0.15) is 0 Å². The molecule has 0 spiro atoms. The lowest BCUT2D eigenvalue weighted by atomic mass is 9.98. The first-order valence-corrected chi connectivity index (χ1v) is 15.9. The lowest BCUT2D eigenvalue weighted by Crippen LogP contribution is -2.12. The largest absolute Gasteiger partial charge is 0.456 e. The van der Waals surface area contributed by atoms with Gasteiger partial charge in [0, 0.05) is 27.1 Å². The molecular weight excluding hydrogens is 574 g/mol. The molecule has 0 radical (unpaired) electrons. The van der Waals surface area contributed by atoms with E-state index in [1.165, 1.54) is 21.5 Å². The molecule has 0 aliphatic carbocycles. The summed E-state index contributed by atoms with van der Waals surface area (Å²) in [5.74, 6) is 0. The third kappa shape index (κ3) is 4.00. The molecule has 0 fully saturated rings. The SMILES string of the molecule is c1ccc(N(c2cccc3ccccc23)c2cccc3oc4ccccc4c23)c(-c2ccc3oc4cc5ccccc5cc4c3c2)c1. The van der Waals surface area contributed by atoms with Crippen LogP contribution in [-0.2, 0) is 0 Å². The van der Waals surface area contributed by atoms with Crippen molar-refractivity contribution in [3.8, 4) is 11.1 Å². The first-order valence-electron chi connectivity index (χ1n) is 15.9. The maximum atomic E-state index is 6.39. The Morgan fingerprint density at radius 2 is 0.936 bits per heavy atom. The molecule has 3 nitrogen and oxygen atoms in total. The van der Waals surface area contributed by atoms with Crippen LogP contribution >= 0.6 is 0 Å². The fourth-order valence-electron chi connectivity index (χ4n) is 7.28. The van der Waals surface area contributed by atoms with Crippen molar-refractivity contribution in [2.75, 3.05) is 4.90 Å². The molecule has 0 unspecified atom stereocenters. The molecule has 2 aromatic heterocycles. The number of furan rings is 2. The predicted molar refractivity (Wildman–Crippen MR) is 196 cm³/mol. The van der Waals surface area contributed by atoms with E-state index in [0.717, 1.165) is 72.1 Å². The topological polar surface area (TPSA) is 29.5 Å². The summed E-state index contributed by atoms with van der Waals surface area (Å²) in [5, 5.41) is 9.17. The summed E-state index contributed by atoms with van der Waals surface area (Å²) < 4.78 is 12.8. The van der Waals surface area contributed by atoms with Crippen LogP contribution in [0.25, 0.3) is 76.5 Å². The maximum Gasteiger partial charge on any atom is 0.137 e. The predicted octanol–water partition coefficient (Wildman–Crippen LogP) is 12.9. The molecule has 0 bridgehead atoms. The van der Waals surface area contributed by atoms with Crippen LogP contribution in [0.2, 0.25) is 0 Å². The van der Waals surface area contributed by atoms with Gasteiger partial charge in [-0.05, 0) is 76.3 Å². The summed E-state index contributed by atoms with van der Waals surface area (Å²) in [4.78, 5) is 2.41. The second-order valence-electron chi connectivity index (χ2n) is 12.1. The molecule has 8 aromatic carbocycles. The van der Waals surface area contributed by atoms with Gasteiger partial charge in [0.25, 0.3) is 0 Å². The van der Waals surface area contributed by atoms with Crippen LogP contribution in [0.3, 0.4) is 0 Å². The average molecular weight is 602 g/mol. The van der Waals surface area contributed by atoms with Gasteiger partial charge < -0.3 is 13.7 Å². The number of benzene rings is 8. The van der Waals surface area contributed by atoms with E-state index in [9.17, 15) is 0 Å². The van der Waals surface area contributed by atoms with E-state index in [-0.39, 0.29) is 0 Å². The molecule has 10 aromatic rings. The van der Waals surface area contributed by atoms with E-state index in [1.807, 2.05) is 12.1 Å². The van der Waals surface area contributed by atoms with Crippen LogP contribution in [0.15, 0.2) is 173 Å². The highest BCUT2D eigenvalue weighted by Crippen LogP contribution is 2.48. The zero-order chi connectivity index (χ0) is 30.9. The molecule has 10 rings (SSSR count). The Bertz CT molecular complexity index is 2820. The van der Waals surface area contributed by atoms with Gasteiger partial charge in [-0.15, -0.1) is 0 Å². The highest BCUT2D eigenvalue weighted by molar-refractivity contribution is 6.16. The highest BCUT2D eigenvalue weighted by atomic mass is 16.3. The molecule has 220 valence electrons. The smallest absolute Gasteiger partial charge is 0.137 e. The zero-order valence-corrected chi connectivity index (χ0v) is 25.4. The van der Waals surface area contributed by atoms with Gasteiger partial charge in [-0.1, -0.05) is 109 Å². The molecule has 0 aliphatic heterocycles. The third-order valence-electron chi connectivity index (χ3n) is 9.42. The molecule has 0 saturated heterocycles. The molecule has 0 N–H and O–H groups in total. The average Bonchev–Trinajstić information content (AvgIpc) is 3.69. The van der Waals surface area contributed by atoms with Gasteiger partial charge in [0.2, 0.25) is 0 Å². The third-order valence-corrected chi connectivity index (χ3v) is 9.42. The van der Waals surface area contributed by atoms with Crippen molar-refractivity contribution >= 4 is 82.5 Å². The molecule has 0 amide bonds. The summed E-state index contributed by atoms with van der Waals surface area (Å²) >= 11 is 0. The monoisotopic (exact) mass is 601 g/mol. The van der Waals surface area contributed by atoms with Crippen molar-refractivity contribution in [3.05, 3.63) is 164 Å². The molecule has 0 saturated carbocycles. The quantitative estimate of drug-likeness (QED) is 0.201. The first kappa shape index (κ1) is 26.0. The number of para-hydroxylation sites is 2. The van der Waals surface area contributed by atoms with Gasteiger partial charge in [0.05, 0.1) is 22.4 Å². The lowest BCUT2D eigenvalue weighted by molar-refractivity contribution is 0.669. The van der Waals surface area contributed by atoms with Crippen LogP contribution < -0.4 is 4.90 Å². The Labute approximate surface area is 270 Å². The minimum Gasteiger partial charge on any atom is -0.456 e. The minimum absolute atomic E-state index is 0.866. The van der Waals surface area contributed by atoms with Crippen LogP contribution in [0.1, 0.15) is 0 Å². The van der Waals surface area contributed by atoms with Gasteiger partial charge in [-0.3, -0.25) is 0 Å². The summed E-state index contributed by atoms with van der Waals surface area (Å²) in [6, 6.07) is 57.9. The van der Waals surface area contributed by atoms with Gasteiger partial charge in [0.15, 0.2) is 0 Å². The molecule has 3 heteroatoms. The molecule has 2 heterocycles. The van der Waals surface area contributed by atoms with E-state index in [4.69, 9.17) is 8.83 Å². The van der Waals surface area contributed by atoms with E-state index in [0.29, 0.717) is 0 Å². The van der Waals surface area contributed by atoms with Crippen molar-refractivity contribution in [2.45, 2.75) is 0 Å². The van der Waals surface area contributed by atoms with Crippen molar-refractivity contribution in [1.29, 1.82) is 0 Å². The number of nitrogens with zero attached hydrogens (tertiary/aromatic N) is 1. The van der Waals surface area contributed by atoms with Gasteiger partial charge >= 0.3 is 0 Å². The second kappa shape index (κ2) is 10.1. The fraction of sp³-hybridized carbons (Fsp3) is 0. The number of hydrogen-bond donors (Lipinski definition) is 0. The first-order chi connectivity index (χ1) is 23.3.